The van der Waals surface area contributed by atoms with Crippen LogP contribution in [0.1, 0.15) is 59.0 Å². The van der Waals surface area contributed by atoms with Crippen molar-refractivity contribution in [1.29, 1.82) is 0 Å². The SMILES string of the molecule is CNCC(=O)NC(C(=O)N1CC(NC(=O)c2ccc(C=O)cc2)CC1C(=O)NC(COCc1ccccc1)Cc1ccccc1)C(C)(C)C. The summed E-state index contributed by atoms with van der Waals surface area (Å²) in [5.74, 6) is -1.53. The predicted molar refractivity (Wildman–Crippen MR) is 187 cm³/mol. The number of hydrogen-bond donors (Lipinski definition) is 4. The zero-order valence-corrected chi connectivity index (χ0v) is 28.6. The number of hydrogen-bond acceptors (Lipinski definition) is 7. The van der Waals surface area contributed by atoms with E-state index < -0.39 is 35.5 Å². The smallest absolute Gasteiger partial charge is 0.251 e. The maximum absolute atomic E-state index is 14.3. The third-order valence-electron chi connectivity index (χ3n) is 8.39. The molecule has 11 heteroatoms. The Morgan fingerprint density at radius 3 is 2.12 bits per heavy atom. The van der Waals surface area contributed by atoms with Crippen molar-refractivity contribution in [2.75, 3.05) is 26.7 Å². The minimum absolute atomic E-state index is 0.0233. The highest BCUT2D eigenvalue weighted by atomic mass is 16.5. The molecule has 4 rings (SSSR count). The Morgan fingerprint density at radius 1 is 0.898 bits per heavy atom. The Morgan fingerprint density at radius 2 is 1.53 bits per heavy atom. The van der Waals surface area contributed by atoms with Gasteiger partial charge in [-0.15, -0.1) is 0 Å². The lowest BCUT2D eigenvalue weighted by atomic mass is 9.85. The van der Waals surface area contributed by atoms with E-state index in [9.17, 15) is 24.0 Å². The third kappa shape index (κ3) is 10.8. The van der Waals surface area contributed by atoms with Gasteiger partial charge >= 0.3 is 0 Å². The molecular formula is C38H47N5O6. The molecule has 0 bridgehead atoms. The Balaban J connectivity index is 1.57. The lowest BCUT2D eigenvalue weighted by Crippen LogP contribution is -2.59. The van der Waals surface area contributed by atoms with E-state index in [0.717, 1.165) is 11.1 Å². The van der Waals surface area contributed by atoms with Crippen LogP contribution in [0, 0.1) is 5.41 Å². The molecule has 260 valence electrons. The van der Waals surface area contributed by atoms with Gasteiger partial charge in [0.25, 0.3) is 5.91 Å². The van der Waals surface area contributed by atoms with Gasteiger partial charge in [-0.3, -0.25) is 24.0 Å². The van der Waals surface area contributed by atoms with Gasteiger partial charge in [0.1, 0.15) is 18.4 Å². The van der Waals surface area contributed by atoms with Crippen molar-refractivity contribution < 1.29 is 28.7 Å². The number of carbonyl (C=O) groups excluding carboxylic acids is 5. The van der Waals surface area contributed by atoms with Crippen LogP contribution in [-0.4, -0.2) is 85.7 Å². The highest BCUT2D eigenvalue weighted by Gasteiger charge is 2.45. The van der Waals surface area contributed by atoms with Gasteiger partial charge in [-0.05, 0) is 48.6 Å². The number of aldehydes is 1. The molecule has 0 aliphatic carbocycles. The van der Waals surface area contributed by atoms with Gasteiger partial charge < -0.3 is 30.9 Å². The number of likely N-dealkylation sites (tertiary alicyclic amines) is 1. The highest BCUT2D eigenvalue weighted by molar-refractivity contribution is 5.96. The minimum Gasteiger partial charge on any atom is -0.375 e. The maximum atomic E-state index is 14.3. The molecule has 1 heterocycles. The summed E-state index contributed by atoms with van der Waals surface area (Å²) < 4.78 is 6.05. The van der Waals surface area contributed by atoms with Crippen molar-refractivity contribution >= 4 is 29.9 Å². The van der Waals surface area contributed by atoms with Crippen molar-refractivity contribution in [3.05, 3.63) is 107 Å². The Kier molecular flexibility index (Phi) is 13.2. The lowest BCUT2D eigenvalue weighted by Gasteiger charge is -2.35. The zero-order chi connectivity index (χ0) is 35.4. The molecule has 1 aliphatic rings. The first-order chi connectivity index (χ1) is 23.5. The Bertz CT molecular complexity index is 1560. The van der Waals surface area contributed by atoms with E-state index in [1.165, 1.54) is 4.90 Å². The monoisotopic (exact) mass is 669 g/mol. The molecule has 3 aromatic carbocycles. The first-order valence-corrected chi connectivity index (χ1v) is 16.5. The van der Waals surface area contributed by atoms with Crippen LogP contribution in [0.15, 0.2) is 84.9 Å². The lowest BCUT2D eigenvalue weighted by molar-refractivity contribution is -0.144. The second kappa shape index (κ2) is 17.5. The first-order valence-electron chi connectivity index (χ1n) is 16.5. The fraction of sp³-hybridized carbons (Fsp3) is 0.395. The van der Waals surface area contributed by atoms with E-state index in [0.29, 0.717) is 30.4 Å². The molecule has 0 radical (unpaired) electrons. The zero-order valence-electron chi connectivity index (χ0n) is 28.6. The largest absolute Gasteiger partial charge is 0.375 e. The summed E-state index contributed by atoms with van der Waals surface area (Å²) in [7, 11) is 1.64. The summed E-state index contributed by atoms with van der Waals surface area (Å²) in [6, 6.07) is 22.9. The summed E-state index contributed by atoms with van der Waals surface area (Å²) in [6.07, 6.45) is 1.37. The second-order valence-electron chi connectivity index (χ2n) is 13.4. The molecule has 3 aromatic rings. The van der Waals surface area contributed by atoms with E-state index >= 15 is 0 Å². The van der Waals surface area contributed by atoms with Crippen molar-refractivity contribution in [3.63, 3.8) is 0 Å². The molecular weight excluding hydrogens is 622 g/mol. The molecule has 4 unspecified atom stereocenters. The van der Waals surface area contributed by atoms with Crippen molar-refractivity contribution in [2.45, 2.75) is 64.4 Å². The van der Waals surface area contributed by atoms with E-state index in [1.54, 1.807) is 31.3 Å². The molecule has 4 amide bonds. The van der Waals surface area contributed by atoms with Crippen LogP contribution < -0.4 is 21.3 Å². The van der Waals surface area contributed by atoms with Gasteiger partial charge in [-0.1, -0.05) is 93.6 Å². The van der Waals surface area contributed by atoms with Gasteiger partial charge in [0.15, 0.2) is 0 Å². The fourth-order valence-corrected chi connectivity index (χ4v) is 5.84. The van der Waals surface area contributed by atoms with Gasteiger partial charge in [0.05, 0.1) is 25.8 Å². The maximum Gasteiger partial charge on any atom is 0.251 e. The van der Waals surface area contributed by atoms with Crippen molar-refractivity contribution in [2.24, 2.45) is 5.41 Å². The summed E-state index contributed by atoms with van der Waals surface area (Å²) in [5.41, 5.74) is 2.14. The summed E-state index contributed by atoms with van der Waals surface area (Å²) in [5, 5.41) is 11.7. The van der Waals surface area contributed by atoms with Crippen LogP contribution in [-0.2, 0) is 32.1 Å². The summed E-state index contributed by atoms with van der Waals surface area (Å²) in [4.78, 5) is 66.8. The van der Waals surface area contributed by atoms with Crippen molar-refractivity contribution in [1.82, 2.24) is 26.2 Å². The van der Waals surface area contributed by atoms with Crippen LogP contribution in [0.25, 0.3) is 0 Å². The van der Waals surface area contributed by atoms with E-state index in [1.807, 2.05) is 81.4 Å². The number of nitrogens with one attached hydrogen (secondary N) is 4. The van der Waals surface area contributed by atoms with Crippen LogP contribution in [0.4, 0.5) is 0 Å². The topological polar surface area (TPSA) is 146 Å². The Labute approximate surface area is 288 Å². The number of likely N-dealkylation sites (N-methyl/N-ethyl adjacent to an activating group) is 1. The number of benzene rings is 3. The average molecular weight is 670 g/mol. The molecule has 11 nitrogen and oxygen atoms in total. The van der Waals surface area contributed by atoms with Crippen LogP contribution in [0.2, 0.25) is 0 Å². The van der Waals surface area contributed by atoms with Crippen LogP contribution >= 0.6 is 0 Å². The highest BCUT2D eigenvalue weighted by Crippen LogP contribution is 2.27. The molecule has 0 spiro atoms. The summed E-state index contributed by atoms with van der Waals surface area (Å²) in [6.45, 7) is 6.25. The molecule has 1 fully saturated rings. The number of nitrogens with zero attached hydrogens (tertiary/aromatic N) is 1. The first kappa shape index (κ1) is 37.0. The molecule has 0 saturated carbocycles. The van der Waals surface area contributed by atoms with E-state index in [-0.39, 0.29) is 43.8 Å². The Hall–Kier alpha value is -4.87. The number of ether oxygens (including phenoxy) is 1. The fourth-order valence-electron chi connectivity index (χ4n) is 5.84. The van der Waals surface area contributed by atoms with E-state index in [2.05, 4.69) is 21.3 Å². The number of rotatable bonds is 15. The quantitative estimate of drug-likeness (QED) is 0.182. The normalized spacial score (nSPS) is 17.1. The molecule has 1 aliphatic heterocycles. The summed E-state index contributed by atoms with van der Waals surface area (Å²) >= 11 is 0. The third-order valence-corrected chi connectivity index (χ3v) is 8.39. The van der Waals surface area contributed by atoms with E-state index in [4.69, 9.17) is 4.74 Å². The van der Waals surface area contributed by atoms with Gasteiger partial charge in [-0.25, -0.2) is 0 Å². The van der Waals surface area contributed by atoms with Gasteiger partial charge in [0.2, 0.25) is 17.7 Å². The van der Waals surface area contributed by atoms with Crippen LogP contribution in [0.5, 0.6) is 0 Å². The van der Waals surface area contributed by atoms with Crippen LogP contribution in [0.3, 0.4) is 0 Å². The number of amides is 4. The molecule has 49 heavy (non-hydrogen) atoms. The minimum atomic E-state index is -0.927. The molecule has 1 saturated heterocycles. The predicted octanol–water partition coefficient (Wildman–Crippen LogP) is 2.89. The molecule has 4 N–H and O–H groups in total. The van der Waals surface area contributed by atoms with Gasteiger partial charge in [-0.2, -0.15) is 0 Å². The number of carbonyl (C=O) groups is 5. The standard InChI is InChI=1S/C38H47N5O6/c1-38(2,3)34(42-33(45)21-39-4)37(48)43-22-30(40-35(46)29-17-15-27(23-44)16-18-29)20-32(43)36(47)41-31(19-26-11-7-5-8-12-26)25-49-24-28-13-9-6-10-14-28/h5-18,23,30-32,34,39H,19-22,24-25H2,1-4H3,(H,40,46)(H,41,47)(H,42,45). The second-order valence-corrected chi connectivity index (χ2v) is 13.4. The average Bonchev–Trinajstić information content (AvgIpc) is 3.51. The van der Waals surface area contributed by atoms with Gasteiger partial charge in [0, 0.05) is 23.7 Å². The molecule has 0 aromatic heterocycles. The van der Waals surface area contributed by atoms with Crippen molar-refractivity contribution in [3.8, 4) is 0 Å². The molecule has 4 atom stereocenters.